The van der Waals surface area contributed by atoms with Crippen LogP contribution in [0.25, 0.3) is 17.3 Å². The Labute approximate surface area is 156 Å². The van der Waals surface area contributed by atoms with Gasteiger partial charge in [-0.2, -0.15) is 10.4 Å². The molecule has 1 amide bonds. The van der Waals surface area contributed by atoms with Gasteiger partial charge in [-0.15, -0.1) is 0 Å². The Bertz CT molecular complexity index is 1040. The molecule has 134 valence electrons. The van der Waals surface area contributed by atoms with Crippen LogP contribution in [-0.4, -0.2) is 16.1 Å². The summed E-state index contributed by atoms with van der Waals surface area (Å²) < 4.78 is 13.1. The van der Waals surface area contributed by atoms with Gasteiger partial charge in [-0.25, -0.2) is 4.39 Å². The second-order valence-corrected chi connectivity index (χ2v) is 6.10. The first-order valence-electron chi connectivity index (χ1n) is 8.28. The molecule has 1 heterocycles. The topological polar surface area (TPSA) is 81.6 Å². The number of amides is 1. The summed E-state index contributed by atoms with van der Waals surface area (Å²) in [6.07, 6.45) is 2.98. The van der Waals surface area contributed by atoms with Crippen LogP contribution in [0.1, 0.15) is 16.7 Å². The monoisotopic (exact) mass is 360 g/mol. The summed E-state index contributed by atoms with van der Waals surface area (Å²) in [7, 11) is 0. The van der Waals surface area contributed by atoms with E-state index >= 15 is 0 Å². The van der Waals surface area contributed by atoms with Crippen LogP contribution in [0.4, 0.5) is 10.1 Å². The van der Waals surface area contributed by atoms with Gasteiger partial charge in [0.25, 0.3) is 5.91 Å². The van der Waals surface area contributed by atoms with Gasteiger partial charge in [-0.05, 0) is 55.3 Å². The van der Waals surface area contributed by atoms with Crippen LogP contribution < -0.4 is 5.32 Å². The first kappa shape index (κ1) is 18.1. The number of nitrogens with one attached hydrogen (secondary N) is 2. The van der Waals surface area contributed by atoms with Crippen molar-refractivity contribution in [2.45, 2.75) is 13.8 Å². The van der Waals surface area contributed by atoms with E-state index in [2.05, 4.69) is 15.5 Å². The molecule has 0 spiro atoms. The molecule has 3 rings (SSSR count). The zero-order valence-electron chi connectivity index (χ0n) is 14.9. The number of hydrogen-bond donors (Lipinski definition) is 2. The summed E-state index contributed by atoms with van der Waals surface area (Å²) in [6, 6.07) is 13.5. The number of rotatable bonds is 4. The summed E-state index contributed by atoms with van der Waals surface area (Å²) >= 11 is 0. The Morgan fingerprint density at radius 2 is 1.85 bits per heavy atom. The molecule has 27 heavy (non-hydrogen) atoms. The van der Waals surface area contributed by atoms with Gasteiger partial charge >= 0.3 is 0 Å². The van der Waals surface area contributed by atoms with E-state index in [0.717, 1.165) is 11.1 Å². The van der Waals surface area contributed by atoms with Gasteiger partial charge in [0.15, 0.2) is 0 Å². The van der Waals surface area contributed by atoms with Gasteiger partial charge in [-0.1, -0.05) is 18.2 Å². The number of aromatic nitrogens is 2. The molecule has 6 heteroatoms. The Morgan fingerprint density at radius 1 is 1.19 bits per heavy atom. The highest BCUT2D eigenvalue weighted by Gasteiger charge is 2.14. The average molecular weight is 360 g/mol. The first-order chi connectivity index (χ1) is 13.0. The number of H-pyrrole nitrogens is 1. The Kier molecular flexibility index (Phi) is 5.13. The zero-order valence-corrected chi connectivity index (χ0v) is 14.9. The molecule has 3 aromatic rings. The van der Waals surface area contributed by atoms with Crippen molar-refractivity contribution in [2.24, 2.45) is 0 Å². The van der Waals surface area contributed by atoms with Crippen LogP contribution in [-0.2, 0) is 4.79 Å². The molecule has 0 aliphatic carbocycles. The molecule has 0 radical (unpaired) electrons. The summed E-state index contributed by atoms with van der Waals surface area (Å²) in [5.74, 6) is -0.845. The molecule has 0 saturated carbocycles. The largest absolute Gasteiger partial charge is 0.321 e. The van der Waals surface area contributed by atoms with E-state index in [9.17, 15) is 14.4 Å². The standard InChI is InChI=1S/C21H17FN4O/c1-13-4-3-5-14(2)19(13)25-21(27)16(11-23)10-17-12-24-26-20(17)15-6-8-18(22)9-7-15/h3-10,12H,1-2H3,(H,24,26)(H,25,27). The minimum absolute atomic E-state index is 0.0533. The SMILES string of the molecule is Cc1cccc(C)c1NC(=O)C(C#N)=Cc1cn[nH]c1-c1ccc(F)cc1. The first-order valence-corrected chi connectivity index (χ1v) is 8.28. The number of nitrogens with zero attached hydrogens (tertiary/aromatic N) is 2. The van der Waals surface area contributed by atoms with Crippen LogP contribution >= 0.6 is 0 Å². The van der Waals surface area contributed by atoms with Crippen LogP contribution in [0.3, 0.4) is 0 Å². The fourth-order valence-corrected chi connectivity index (χ4v) is 2.75. The summed E-state index contributed by atoms with van der Waals surface area (Å²) in [6.45, 7) is 3.78. The smallest absolute Gasteiger partial charge is 0.266 e. The van der Waals surface area contributed by atoms with Gasteiger partial charge in [0.2, 0.25) is 0 Å². The molecule has 0 aliphatic heterocycles. The number of carbonyl (C=O) groups is 1. The van der Waals surface area contributed by atoms with Gasteiger partial charge in [0, 0.05) is 16.8 Å². The third-order valence-corrected chi connectivity index (χ3v) is 4.19. The maximum absolute atomic E-state index is 13.1. The minimum atomic E-state index is -0.499. The molecule has 0 saturated heterocycles. The van der Waals surface area contributed by atoms with Crippen LogP contribution in [0.15, 0.2) is 54.2 Å². The lowest BCUT2D eigenvalue weighted by molar-refractivity contribution is -0.112. The summed E-state index contributed by atoms with van der Waals surface area (Å²) in [4.78, 5) is 12.6. The fraction of sp³-hybridized carbons (Fsp3) is 0.0952. The number of nitriles is 1. The highest BCUT2D eigenvalue weighted by atomic mass is 19.1. The lowest BCUT2D eigenvalue weighted by atomic mass is 10.1. The molecule has 0 bridgehead atoms. The van der Waals surface area contributed by atoms with E-state index in [-0.39, 0.29) is 11.4 Å². The van der Waals surface area contributed by atoms with Crippen molar-refractivity contribution in [1.82, 2.24) is 10.2 Å². The Hall–Kier alpha value is -3.72. The highest BCUT2D eigenvalue weighted by molar-refractivity contribution is 6.10. The molecule has 5 nitrogen and oxygen atoms in total. The number of aryl methyl sites for hydroxylation is 2. The second kappa shape index (κ2) is 7.67. The van der Waals surface area contributed by atoms with E-state index in [4.69, 9.17) is 0 Å². The van der Waals surface area contributed by atoms with Crippen molar-refractivity contribution in [1.29, 1.82) is 5.26 Å². The van der Waals surface area contributed by atoms with E-state index in [1.165, 1.54) is 24.4 Å². The van der Waals surface area contributed by atoms with E-state index in [1.54, 1.807) is 12.1 Å². The van der Waals surface area contributed by atoms with Crippen molar-refractivity contribution in [3.8, 4) is 17.3 Å². The molecule has 0 aliphatic rings. The normalized spacial score (nSPS) is 11.1. The quantitative estimate of drug-likeness (QED) is 0.535. The van der Waals surface area contributed by atoms with Crippen LogP contribution in [0.5, 0.6) is 0 Å². The molecular formula is C21H17FN4O. The van der Waals surface area contributed by atoms with E-state index in [1.807, 2.05) is 38.1 Å². The summed E-state index contributed by atoms with van der Waals surface area (Å²) in [5.41, 5.74) is 4.33. The van der Waals surface area contributed by atoms with Crippen molar-refractivity contribution in [2.75, 3.05) is 5.32 Å². The lowest BCUT2D eigenvalue weighted by Gasteiger charge is -2.10. The highest BCUT2D eigenvalue weighted by Crippen LogP contribution is 2.24. The van der Waals surface area contributed by atoms with E-state index in [0.29, 0.717) is 22.5 Å². The zero-order chi connectivity index (χ0) is 19.4. The van der Waals surface area contributed by atoms with Gasteiger partial charge in [0.05, 0.1) is 11.9 Å². The number of aromatic amines is 1. The van der Waals surface area contributed by atoms with Gasteiger partial charge in [-0.3, -0.25) is 9.89 Å². The van der Waals surface area contributed by atoms with Gasteiger partial charge in [0.1, 0.15) is 17.5 Å². The number of hydrogen-bond acceptors (Lipinski definition) is 3. The third kappa shape index (κ3) is 3.93. The molecule has 2 N–H and O–H groups in total. The Morgan fingerprint density at radius 3 is 2.48 bits per heavy atom. The number of anilines is 1. The predicted octanol–water partition coefficient (Wildman–Crippen LogP) is 4.38. The van der Waals surface area contributed by atoms with Crippen molar-refractivity contribution in [3.05, 3.63) is 76.7 Å². The fourth-order valence-electron chi connectivity index (χ4n) is 2.75. The summed E-state index contributed by atoms with van der Waals surface area (Å²) in [5, 5.41) is 19.0. The van der Waals surface area contributed by atoms with Crippen molar-refractivity contribution in [3.63, 3.8) is 0 Å². The third-order valence-electron chi connectivity index (χ3n) is 4.19. The van der Waals surface area contributed by atoms with Crippen molar-refractivity contribution >= 4 is 17.7 Å². The molecule has 2 aromatic carbocycles. The van der Waals surface area contributed by atoms with Gasteiger partial charge < -0.3 is 5.32 Å². The molecular weight excluding hydrogens is 343 g/mol. The van der Waals surface area contributed by atoms with Crippen molar-refractivity contribution < 1.29 is 9.18 Å². The van der Waals surface area contributed by atoms with Crippen LogP contribution in [0.2, 0.25) is 0 Å². The molecule has 1 aromatic heterocycles. The number of benzene rings is 2. The number of para-hydroxylation sites is 1. The average Bonchev–Trinajstić information content (AvgIpc) is 3.11. The molecule has 0 unspecified atom stereocenters. The predicted molar refractivity (Wildman–Crippen MR) is 102 cm³/mol. The number of halogens is 1. The molecule has 0 fully saturated rings. The number of carbonyl (C=O) groups excluding carboxylic acids is 1. The minimum Gasteiger partial charge on any atom is -0.321 e. The maximum Gasteiger partial charge on any atom is 0.266 e. The molecule has 0 atom stereocenters. The maximum atomic E-state index is 13.1. The Balaban J connectivity index is 1.92. The second-order valence-electron chi connectivity index (χ2n) is 6.10. The van der Waals surface area contributed by atoms with Crippen LogP contribution in [0, 0.1) is 31.0 Å². The van der Waals surface area contributed by atoms with E-state index < -0.39 is 5.91 Å². The lowest BCUT2D eigenvalue weighted by Crippen LogP contribution is -2.15.